The Morgan fingerprint density at radius 3 is 2.36 bits per heavy atom. The molecular formula is C17H27N3O2. The number of nitrogens with one attached hydrogen (secondary N) is 2. The Bertz CT molecular complexity index is 424. The summed E-state index contributed by atoms with van der Waals surface area (Å²) in [4.78, 5) is 22.4. The second-order valence-electron chi connectivity index (χ2n) is 5.20. The van der Waals surface area contributed by atoms with Crippen LogP contribution >= 0.6 is 0 Å². The molecule has 0 radical (unpaired) electrons. The fourth-order valence-corrected chi connectivity index (χ4v) is 2.09. The summed E-state index contributed by atoms with van der Waals surface area (Å²) < 4.78 is 0. The lowest BCUT2D eigenvalue weighted by atomic mass is 9.89. The van der Waals surface area contributed by atoms with Crippen molar-refractivity contribution in [3.05, 3.63) is 24.8 Å². The second kappa shape index (κ2) is 12.6. The average molecular weight is 305 g/mol. The van der Waals surface area contributed by atoms with E-state index in [9.17, 15) is 9.59 Å². The molecule has 0 saturated heterocycles. The molecule has 0 heterocycles. The van der Waals surface area contributed by atoms with E-state index in [0.29, 0.717) is 12.8 Å². The monoisotopic (exact) mass is 305 g/mol. The van der Waals surface area contributed by atoms with Crippen LogP contribution in [0, 0.1) is 23.2 Å². The van der Waals surface area contributed by atoms with Gasteiger partial charge in [-0.2, -0.15) is 5.26 Å². The highest BCUT2D eigenvalue weighted by Crippen LogP contribution is 2.21. The Morgan fingerprint density at radius 2 is 1.82 bits per heavy atom. The highest BCUT2D eigenvalue weighted by Gasteiger charge is 2.16. The van der Waals surface area contributed by atoms with Crippen LogP contribution in [0.2, 0.25) is 0 Å². The van der Waals surface area contributed by atoms with Crippen molar-refractivity contribution in [1.82, 2.24) is 10.6 Å². The van der Waals surface area contributed by atoms with Crippen LogP contribution in [0.1, 0.15) is 38.5 Å². The van der Waals surface area contributed by atoms with Gasteiger partial charge in [-0.05, 0) is 31.6 Å². The van der Waals surface area contributed by atoms with Crippen LogP contribution in [0.15, 0.2) is 24.8 Å². The maximum absolute atomic E-state index is 11.3. The summed E-state index contributed by atoms with van der Waals surface area (Å²) in [5.41, 5.74) is 0. The summed E-state index contributed by atoms with van der Waals surface area (Å²) in [6, 6.07) is 2.19. The number of carbonyl (C=O) groups is 2. The first-order chi connectivity index (χ1) is 10.6. The van der Waals surface area contributed by atoms with Gasteiger partial charge >= 0.3 is 0 Å². The second-order valence-corrected chi connectivity index (χ2v) is 5.20. The Hall–Kier alpha value is -2.09. The molecule has 2 unspecified atom stereocenters. The number of hydrogen-bond acceptors (Lipinski definition) is 3. The van der Waals surface area contributed by atoms with Gasteiger partial charge in [-0.25, -0.2) is 0 Å². The minimum atomic E-state index is -0.278. The minimum absolute atomic E-state index is 0.0414. The molecule has 2 N–H and O–H groups in total. The van der Waals surface area contributed by atoms with E-state index in [2.05, 4.69) is 29.4 Å². The van der Waals surface area contributed by atoms with Crippen LogP contribution in [-0.4, -0.2) is 25.9 Å². The lowest BCUT2D eigenvalue weighted by Crippen LogP contribution is -2.21. The summed E-state index contributed by atoms with van der Waals surface area (Å²) in [5.74, 6) is -0.124. The van der Waals surface area contributed by atoms with E-state index in [1.165, 1.54) is 0 Å². The standard InChI is InChI=1S/C17H27N3O2/c1-4-14(11-15(13-18)12-17(22)20-3)9-7-5-6-8-10-16(21)19-2/h4-6,14-15H,1,7-12H2,2-3H3,(H,19,21)(H,20,22)/b6-5+. The SMILES string of the molecule is C=CC(CC/C=C/CCC(=O)NC)CC(C#N)CC(=O)NC. The summed E-state index contributed by atoms with van der Waals surface area (Å²) in [6.45, 7) is 3.81. The summed E-state index contributed by atoms with van der Waals surface area (Å²) in [7, 11) is 3.20. The van der Waals surface area contributed by atoms with Crippen molar-refractivity contribution in [2.45, 2.75) is 38.5 Å². The number of rotatable bonds is 11. The predicted molar refractivity (Wildman–Crippen MR) is 87.8 cm³/mol. The maximum Gasteiger partial charge on any atom is 0.221 e. The molecule has 5 nitrogen and oxygen atoms in total. The van der Waals surface area contributed by atoms with Gasteiger partial charge in [0.05, 0.1) is 12.0 Å². The van der Waals surface area contributed by atoms with Gasteiger partial charge in [-0.15, -0.1) is 6.58 Å². The van der Waals surface area contributed by atoms with E-state index >= 15 is 0 Å². The van der Waals surface area contributed by atoms with Gasteiger partial charge in [0.25, 0.3) is 0 Å². The fraction of sp³-hybridized carbons (Fsp3) is 0.588. The molecule has 0 spiro atoms. The predicted octanol–water partition coefficient (Wildman–Crippen LogP) is 2.32. The highest BCUT2D eigenvalue weighted by molar-refractivity contribution is 5.76. The molecule has 22 heavy (non-hydrogen) atoms. The van der Waals surface area contributed by atoms with Gasteiger partial charge < -0.3 is 10.6 Å². The molecule has 0 aromatic heterocycles. The minimum Gasteiger partial charge on any atom is -0.359 e. The van der Waals surface area contributed by atoms with Gasteiger partial charge in [0.1, 0.15) is 0 Å². The third-order valence-electron chi connectivity index (χ3n) is 3.50. The fourth-order valence-electron chi connectivity index (χ4n) is 2.09. The van der Waals surface area contributed by atoms with Crippen LogP contribution in [-0.2, 0) is 9.59 Å². The van der Waals surface area contributed by atoms with Crippen LogP contribution in [0.25, 0.3) is 0 Å². The molecule has 0 aromatic carbocycles. The van der Waals surface area contributed by atoms with E-state index in [1.807, 2.05) is 12.2 Å². The van der Waals surface area contributed by atoms with E-state index in [1.54, 1.807) is 14.1 Å². The van der Waals surface area contributed by atoms with Crippen molar-refractivity contribution in [2.75, 3.05) is 14.1 Å². The summed E-state index contributed by atoms with van der Waals surface area (Å²) in [6.07, 6.45) is 9.80. The molecule has 2 amide bonds. The Morgan fingerprint density at radius 1 is 1.18 bits per heavy atom. The number of hydrogen-bond donors (Lipinski definition) is 2. The first kappa shape index (κ1) is 19.9. The van der Waals surface area contributed by atoms with E-state index < -0.39 is 0 Å². The number of amides is 2. The zero-order valence-electron chi connectivity index (χ0n) is 13.6. The number of allylic oxidation sites excluding steroid dienone is 3. The van der Waals surface area contributed by atoms with Crippen molar-refractivity contribution in [3.63, 3.8) is 0 Å². The van der Waals surface area contributed by atoms with Crippen molar-refractivity contribution in [1.29, 1.82) is 5.26 Å². The van der Waals surface area contributed by atoms with Crippen molar-refractivity contribution in [2.24, 2.45) is 11.8 Å². The lowest BCUT2D eigenvalue weighted by Gasteiger charge is -2.15. The molecular weight excluding hydrogens is 278 g/mol. The van der Waals surface area contributed by atoms with E-state index in [4.69, 9.17) is 5.26 Å². The summed E-state index contributed by atoms with van der Waals surface area (Å²) in [5, 5.41) is 14.2. The van der Waals surface area contributed by atoms with Crippen LogP contribution in [0.3, 0.4) is 0 Å². The Labute approximate surface area is 133 Å². The van der Waals surface area contributed by atoms with Gasteiger partial charge in [-0.3, -0.25) is 9.59 Å². The summed E-state index contributed by atoms with van der Waals surface area (Å²) >= 11 is 0. The normalized spacial score (nSPS) is 13.1. The highest BCUT2D eigenvalue weighted by atomic mass is 16.2. The zero-order valence-corrected chi connectivity index (χ0v) is 13.6. The van der Waals surface area contributed by atoms with Crippen LogP contribution < -0.4 is 10.6 Å². The van der Waals surface area contributed by atoms with Crippen molar-refractivity contribution in [3.8, 4) is 6.07 Å². The molecule has 0 aliphatic heterocycles. The topological polar surface area (TPSA) is 82.0 Å². The maximum atomic E-state index is 11.3. The Kier molecular flexibility index (Phi) is 11.4. The molecule has 122 valence electrons. The molecule has 5 heteroatoms. The van der Waals surface area contributed by atoms with Gasteiger partial charge in [0.15, 0.2) is 0 Å². The average Bonchev–Trinajstić information content (AvgIpc) is 2.54. The van der Waals surface area contributed by atoms with E-state index in [0.717, 1.165) is 19.3 Å². The first-order valence-corrected chi connectivity index (χ1v) is 7.65. The molecule has 0 fully saturated rings. The molecule has 0 bridgehead atoms. The molecule has 0 aliphatic carbocycles. The quantitative estimate of drug-likeness (QED) is 0.575. The number of nitrogens with zero attached hydrogens (tertiary/aromatic N) is 1. The molecule has 0 saturated carbocycles. The Balaban J connectivity index is 4.07. The van der Waals surface area contributed by atoms with Gasteiger partial charge in [0.2, 0.25) is 11.8 Å². The van der Waals surface area contributed by atoms with Crippen LogP contribution in [0.5, 0.6) is 0 Å². The zero-order chi connectivity index (χ0) is 16.8. The molecule has 2 atom stereocenters. The molecule has 0 aliphatic rings. The number of nitriles is 1. The first-order valence-electron chi connectivity index (χ1n) is 7.65. The molecule has 0 rings (SSSR count). The largest absolute Gasteiger partial charge is 0.359 e. The smallest absolute Gasteiger partial charge is 0.221 e. The van der Waals surface area contributed by atoms with Gasteiger partial charge in [-0.1, -0.05) is 18.2 Å². The third kappa shape index (κ3) is 9.76. The van der Waals surface area contributed by atoms with E-state index in [-0.39, 0.29) is 30.1 Å². The van der Waals surface area contributed by atoms with Crippen molar-refractivity contribution < 1.29 is 9.59 Å². The lowest BCUT2D eigenvalue weighted by molar-refractivity contribution is -0.121. The molecule has 0 aromatic rings. The third-order valence-corrected chi connectivity index (χ3v) is 3.50. The number of carbonyl (C=O) groups excluding carboxylic acids is 2. The van der Waals surface area contributed by atoms with Crippen LogP contribution in [0.4, 0.5) is 0 Å². The van der Waals surface area contributed by atoms with Crippen molar-refractivity contribution >= 4 is 11.8 Å². The van der Waals surface area contributed by atoms with Gasteiger partial charge in [0, 0.05) is 26.9 Å².